The summed E-state index contributed by atoms with van der Waals surface area (Å²) < 4.78 is 5.68. The summed E-state index contributed by atoms with van der Waals surface area (Å²) in [6, 6.07) is 3.11. The van der Waals surface area contributed by atoms with Crippen LogP contribution in [0.5, 0.6) is 5.75 Å². The second-order valence-corrected chi connectivity index (χ2v) is 3.51. The van der Waals surface area contributed by atoms with Crippen molar-refractivity contribution in [1.29, 1.82) is 0 Å². The molecule has 0 saturated heterocycles. The molecule has 0 bridgehead atoms. The van der Waals surface area contributed by atoms with Gasteiger partial charge in [-0.3, -0.25) is 0 Å². The van der Waals surface area contributed by atoms with Crippen molar-refractivity contribution < 1.29 is 14.6 Å². The van der Waals surface area contributed by atoms with Gasteiger partial charge >= 0.3 is 5.97 Å². The van der Waals surface area contributed by atoms with Gasteiger partial charge in [0.15, 0.2) is 0 Å². The zero-order valence-corrected chi connectivity index (χ0v) is 9.17. The first kappa shape index (κ1) is 11.0. The molecule has 0 atom stereocenters. The number of hydrogen-bond donors (Lipinski definition) is 2. The third-order valence-corrected chi connectivity index (χ3v) is 2.45. The molecule has 0 aliphatic carbocycles. The second-order valence-electron chi connectivity index (χ2n) is 2.65. The highest BCUT2D eigenvalue weighted by atomic mass is 79.9. The van der Waals surface area contributed by atoms with E-state index in [1.165, 1.54) is 13.2 Å². The summed E-state index contributed by atoms with van der Waals surface area (Å²) in [5, 5.41) is 8.88. The van der Waals surface area contributed by atoms with Gasteiger partial charge in [0.05, 0.1) is 17.1 Å². The van der Waals surface area contributed by atoms with Gasteiger partial charge in [-0.2, -0.15) is 0 Å². The minimum absolute atomic E-state index is 0.174. The summed E-state index contributed by atoms with van der Waals surface area (Å²) >= 11 is 3.26. The van der Waals surface area contributed by atoms with Crippen molar-refractivity contribution in [2.45, 2.75) is 6.54 Å². The number of halogens is 1. The zero-order valence-electron chi connectivity index (χ0n) is 7.58. The molecule has 0 spiro atoms. The van der Waals surface area contributed by atoms with Crippen LogP contribution >= 0.6 is 15.9 Å². The Morgan fingerprint density at radius 3 is 2.71 bits per heavy atom. The quantitative estimate of drug-likeness (QED) is 0.866. The van der Waals surface area contributed by atoms with E-state index in [1.807, 2.05) is 0 Å². The van der Waals surface area contributed by atoms with Crippen LogP contribution in [0.4, 0.5) is 0 Å². The molecule has 76 valence electrons. The smallest absolute Gasteiger partial charge is 0.336 e. The first-order valence-corrected chi connectivity index (χ1v) is 4.69. The molecule has 0 radical (unpaired) electrons. The van der Waals surface area contributed by atoms with Crippen molar-refractivity contribution in [3.05, 3.63) is 27.7 Å². The normalized spacial score (nSPS) is 9.93. The van der Waals surface area contributed by atoms with Crippen LogP contribution in [0, 0.1) is 0 Å². The molecule has 4 nitrogen and oxygen atoms in total. The lowest BCUT2D eigenvalue weighted by Gasteiger charge is -2.08. The average molecular weight is 260 g/mol. The molecule has 0 aromatic heterocycles. The number of carbonyl (C=O) groups is 1. The predicted molar refractivity (Wildman–Crippen MR) is 55.5 cm³/mol. The van der Waals surface area contributed by atoms with Crippen molar-refractivity contribution in [2.24, 2.45) is 5.73 Å². The highest BCUT2D eigenvalue weighted by molar-refractivity contribution is 9.10. The van der Waals surface area contributed by atoms with E-state index < -0.39 is 5.97 Å². The molecule has 1 rings (SSSR count). The van der Waals surface area contributed by atoms with Crippen molar-refractivity contribution in [2.75, 3.05) is 7.11 Å². The van der Waals surface area contributed by atoms with Crippen LogP contribution in [-0.4, -0.2) is 18.2 Å². The summed E-state index contributed by atoms with van der Waals surface area (Å²) in [6.07, 6.45) is 0. The van der Waals surface area contributed by atoms with E-state index in [0.717, 1.165) is 0 Å². The summed E-state index contributed by atoms with van der Waals surface area (Å²) in [5.41, 5.74) is 6.17. The fourth-order valence-corrected chi connectivity index (χ4v) is 1.67. The second kappa shape index (κ2) is 4.43. The minimum Gasteiger partial charge on any atom is -0.496 e. The Kier molecular flexibility index (Phi) is 3.49. The van der Waals surface area contributed by atoms with Gasteiger partial charge in [-0.05, 0) is 33.6 Å². The number of aromatic carboxylic acids is 1. The Balaban J connectivity index is 3.32. The molecule has 0 unspecified atom stereocenters. The topological polar surface area (TPSA) is 72.5 Å². The van der Waals surface area contributed by atoms with Crippen LogP contribution in [0.3, 0.4) is 0 Å². The summed E-state index contributed by atoms with van der Waals surface area (Å²) in [7, 11) is 1.48. The Bertz CT molecular complexity index is 365. The molecule has 1 aromatic carbocycles. The van der Waals surface area contributed by atoms with E-state index in [0.29, 0.717) is 15.8 Å². The van der Waals surface area contributed by atoms with Gasteiger partial charge in [0.1, 0.15) is 5.75 Å². The summed E-state index contributed by atoms with van der Waals surface area (Å²) in [6.45, 7) is 0.185. The maximum absolute atomic E-state index is 10.8. The van der Waals surface area contributed by atoms with Gasteiger partial charge in [-0.25, -0.2) is 4.79 Å². The van der Waals surface area contributed by atoms with Gasteiger partial charge in [0.25, 0.3) is 0 Å². The summed E-state index contributed by atoms with van der Waals surface area (Å²) in [4.78, 5) is 10.8. The van der Waals surface area contributed by atoms with E-state index in [4.69, 9.17) is 15.6 Å². The fourth-order valence-electron chi connectivity index (χ4n) is 1.12. The maximum atomic E-state index is 10.8. The molecular formula is C9H10BrNO3. The van der Waals surface area contributed by atoms with Crippen LogP contribution in [0.1, 0.15) is 15.9 Å². The van der Waals surface area contributed by atoms with E-state index in [9.17, 15) is 4.79 Å². The SMILES string of the molecule is COc1cc(C(=O)O)c(CN)cc1Br. The molecule has 1 aromatic rings. The molecule has 0 amide bonds. The molecule has 14 heavy (non-hydrogen) atoms. The highest BCUT2D eigenvalue weighted by Gasteiger charge is 2.13. The number of carboxylic acids is 1. The lowest BCUT2D eigenvalue weighted by Crippen LogP contribution is -2.07. The van der Waals surface area contributed by atoms with Gasteiger partial charge in [0, 0.05) is 6.54 Å². The minimum atomic E-state index is -1.00. The third kappa shape index (κ3) is 2.05. The molecule has 0 saturated carbocycles. The molecule has 0 aliphatic rings. The first-order valence-electron chi connectivity index (χ1n) is 3.90. The van der Waals surface area contributed by atoms with E-state index in [-0.39, 0.29) is 12.1 Å². The lowest BCUT2D eigenvalue weighted by molar-refractivity contribution is 0.0695. The third-order valence-electron chi connectivity index (χ3n) is 1.83. The largest absolute Gasteiger partial charge is 0.496 e. The first-order chi connectivity index (χ1) is 6.60. The van der Waals surface area contributed by atoms with Crippen LogP contribution < -0.4 is 10.5 Å². The molecule has 5 heteroatoms. The van der Waals surface area contributed by atoms with Crippen molar-refractivity contribution in [3.63, 3.8) is 0 Å². The number of hydrogen-bond acceptors (Lipinski definition) is 3. The Hall–Kier alpha value is -1.07. The van der Waals surface area contributed by atoms with E-state index in [2.05, 4.69) is 15.9 Å². The van der Waals surface area contributed by atoms with Crippen molar-refractivity contribution in [1.82, 2.24) is 0 Å². The monoisotopic (exact) mass is 259 g/mol. The molecule has 0 aliphatic heterocycles. The lowest BCUT2D eigenvalue weighted by atomic mass is 10.1. The average Bonchev–Trinajstić information content (AvgIpc) is 2.16. The fraction of sp³-hybridized carbons (Fsp3) is 0.222. The van der Waals surface area contributed by atoms with Gasteiger partial charge < -0.3 is 15.6 Å². The van der Waals surface area contributed by atoms with E-state index >= 15 is 0 Å². The van der Waals surface area contributed by atoms with Crippen LogP contribution in [0.2, 0.25) is 0 Å². The van der Waals surface area contributed by atoms with E-state index in [1.54, 1.807) is 6.07 Å². The standard InChI is InChI=1S/C9H10BrNO3/c1-14-8-3-6(9(12)13)5(4-11)2-7(8)10/h2-3H,4,11H2,1H3,(H,12,13). The van der Waals surface area contributed by atoms with Crippen LogP contribution in [0.15, 0.2) is 16.6 Å². The Morgan fingerprint density at radius 1 is 1.64 bits per heavy atom. The number of benzene rings is 1. The molecular weight excluding hydrogens is 250 g/mol. The maximum Gasteiger partial charge on any atom is 0.336 e. The zero-order chi connectivity index (χ0) is 10.7. The Morgan fingerprint density at radius 2 is 2.29 bits per heavy atom. The summed E-state index contributed by atoms with van der Waals surface area (Å²) in [5.74, 6) is -0.518. The number of rotatable bonds is 3. The predicted octanol–water partition coefficient (Wildman–Crippen LogP) is 1.61. The van der Waals surface area contributed by atoms with Crippen LogP contribution in [-0.2, 0) is 6.54 Å². The van der Waals surface area contributed by atoms with Crippen molar-refractivity contribution >= 4 is 21.9 Å². The van der Waals surface area contributed by atoms with Gasteiger partial charge in [0.2, 0.25) is 0 Å². The number of ether oxygens (including phenoxy) is 1. The highest BCUT2D eigenvalue weighted by Crippen LogP contribution is 2.28. The number of carboxylic acid groups (broad SMARTS) is 1. The van der Waals surface area contributed by atoms with Gasteiger partial charge in [-0.1, -0.05) is 0 Å². The Labute approximate surface area is 89.8 Å². The molecule has 0 fully saturated rings. The van der Waals surface area contributed by atoms with Crippen molar-refractivity contribution in [3.8, 4) is 5.75 Å². The molecule has 3 N–H and O–H groups in total. The van der Waals surface area contributed by atoms with Crippen LogP contribution in [0.25, 0.3) is 0 Å². The molecule has 0 heterocycles. The van der Waals surface area contributed by atoms with Gasteiger partial charge in [-0.15, -0.1) is 0 Å². The number of nitrogens with two attached hydrogens (primary N) is 1. The number of methoxy groups -OCH3 is 1.